The maximum absolute atomic E-state index is 11.8. The number of carbonyl (C=O) groups excluding carboxylic acids is 2. The van der Waals surface area contributed by atoms with Crippen LogP contribution in [0.25, 0.3) is 0 Å². The lowest BCUT2D eigenvalue weighted by Crippen LogP contribution is -2.38. The van der Waals surface area contributed by atoms with Crippen LogP contribution in [-0.4, -0.2) is 36.5 Å². The molecule has 0 saturated carbocycles. The Kier molecular flexibility index (Phi) is 5.60. The zero-order valence-electron chi connectivity index (χ0n) is 12.5. The van der Waals surface area contributed by atoms with E-state index in [4.69, 9.17) is 0 Å². The van der Waals surface area contributed by atoms with Crippen LogP contribution in [0.5, 0.6) is 0 Å². The minimum absolute atomic E-state index is 0.131. The van der Waals surface area contributed by atoms with Gasteiger partial charge in [-0.2, -0.15) is 0 Å². The molecule has 0 aromatic heterocycles. The smallest absolute Gasteiger partial charge is 0.315 e. The number of carbonyl (C=O) groups is 2. The largest absolute Gasteiger partial charge is 0.343 e. The molecule has 1 aromatic carbocycles. The molecule has 0 atom stereocenters. The molecule has 1 aromatic rings. The third-order valence-electron chi connectivity index (χ3n) is 3.62. The van der Waals surface area contributed by atoms with Crippen molar-refractivity contribution in [1.29, 1.82) is 0 Å². The van der Waals surface area contributed by atoms with Crippen molar-refractivity contribution in [2.75, 3.05) is 19.6 Å². The van der Waals surface area contributed by atoms with Crippen LogP contribution < -0.4 is 10.6 Å². The topological polar surface area (TPSA) is 61.4 Å². The van der Waals surface area contributed by atoms with Crippen molar-refractivity contribution in [3.05, 3.63) is 35.4 Å². The van der Waals surface area contributed by atoms with E-state index in [1.54, 1.807) is 0 Å². The Morgan fingerprint density at radius 3 is 2.67 bits per heavy atom. The van der Waals surface area contributed by atoms with Gasteiger partial charge < -0.3 is 15.5 Å². The summed E-state index contributed by atoms with van der Waals surface area (Å²) in [6.45, 7) is 4.62. The molecule has 1 saturated heterocycles. The molecule has 2 rings (SSSR count). The van der Waals surface area contributed by atoms with Gasteiger partial charge in [0.2, 0.25) is 5.91 Å². The molecule has 1 fully saturated rings. The molecule has 1 heterocycles. The summed E-state index contributed by atoms with van der Waals surface area (Å²) in [5, 5.41) is 5.52. The van der Waals surface area contributed by atoms with Gasteiger partial charge in [0.25, 0.3) is 0 Å². The van der Waals surface area contributed by atoms with Crippen LogP contribution in [0.15, 0.2) is 24.3 Å². The summed E-state index contributed by atoms with van der Waals surface area (Å²) < 4.78 is 0. The van der Waals surface area contributed by atoms with Crippen LogP contribution in [0, 0.1) is 6.92 Å². The van der Waals surface area contributed by atoms with Gasteiger partial charge in [0.1, 0.15) is 0 Å². The summed E-state index contributed by atoms with van der Waals surface area (Å²) in [7, 11) is 0. The normalized spacial score (nSPS) is 14.0. The molecule has 2 N–H and O–H groups in total. The van der Waals surface area contributed by atoms with E-state index in [1.807, 2.05) is 36.1 Å². The van der Waals surface area contributed by atoms with Crippen LogP contribution in [0.3, 0.4) is 0 Å². The number of hydrogen-bond donors (Lipinski definition) is 2. The van der Waals surface area contributed by atoms with Crippen LogP contribution in [0.2, 0.25) is 0 Å². The monoisotopic (exact) mass is 289 g/mol. The molecule has 0 radical (unpaired) electrons. The van der Waals surface area contributed by atoms with Gasteiger partial charge >= 0.3 is 6.03 Å². The third-order valence-corrected chi connectivity index (χ3v) is 3.62. The molecule has 114 valence electrons. The highest BCUT2D eigenvalue weighted by molar-refractivity contribution is 5.78. The van der Waals surface area contributed by atoms with Gasteiger partial charge in [0, 0.05) is 32.6 Å². The van der Waals surface area contributed by atoms with Crippen molar-refractivity contribution >= 4 is 11.9 Å². The molecule has 5 heteroatoms. The second-order valence-corrected chi connectivity index (χ2v) is 5.44. The number of nitrogens with one attached hydrogen (secondary N) is 2. The van der Waals surface area contributed by atoms with Gasteiger partial charge in [-0.15, -0.1) is 0 Å². The van der Waals surface area contributed by atoms with E-state index in [1.165, 1.54) is 5.56 Å². The Bertz CT molecular complexity index is 496. The molecular formula is C16H23N3O2. The number of aryl methyl sites for hydroxylation is 1. The number of rotatable bonds is 5. The first kappa shape index (κ1) is 15.4. The number of nitrogens with zero attached hydrogens (tertiary/aromatic N) is 1. The maximum atomic E-state index is 11.8. The first-order valence-corrected chi connectivity index (χ1v) is 7.50. The minimum Gasteiger partial charge on any atom is -0.343 e. The number of hydrogen-bond acceptors (Lipinski definition) is 2. The second-order valence-electron chi connectivity index (χ2n) is 5.44. The van der Waals surface area contributed by atoms with E-state index >= 15 is 0 Å². The van der Waals surface area contributed by atoms with E-state index in [0.29, 0.717) is 19.5 Å². The van der Waals surface area contributed by atoms with Gasteiger partial charge in [-0.3, -0.25) is 4.79 Å². The molecule has 1 aliphatic heterocycles. The van der Waals surface area contributed by atoms with Crippen molar-refractivity contribution in [3.63, 3.8) is 0 Å². The van der Waals surface area contributed by atoms with E-state index in [0.717, 1.165) is 31.5 Å². The summed E-state index contributed by atoms with van der Waals surface area (Å²) >= 11 is 0. The summed E-state index contributed by atoms with van der Waals surface area (Å²) in [5.74, 6) is 0.131. The molecule has 5 nitrogen and oxygen atoms in total. The highest BCUT2D eigenvalue weighted by Crippen LogP contribution is 2.08. The Balaban J connectivity index is 1.62. The molecule has 3 amide bonds. The van der Waals surface area contributed by atoms with Crippen LogP contribution in [-0.2, 0) is 11.3 Å². The molecule has 0 spiro atoms. The molecule has 0 bridgehead atoms. The Labute approximate surface area is 125 Å². The van der Waals surface area contributed by atoms with Crippen molar-refractivity contribution in [2.45, 2.75) is 32.7 Å². The Morgan fingerprint density at radius 2 is 1.95 bits per heavy atom. The van der Waals surface area contributed by atoms with Gasteiger partial charge in [-0.25, -0.2) is 4.79 Å². The van der Waals surface area contributed by atoms with Gasteiger partial charge in [0.05, 0.1) is 0 Å². The minimum atomic E-state index is -0.231. The zero-order valence-corrected chi connectivity index (χ0v) is 12.5. The van der Waals surface area contributed by atoms with E-state index in [9.17, 15) is 9.59 Å². The number of benzene rings is 1. The highest BCUT2D eigenvalue weighted by atomic mass is 16.2. The molecule has 21 heavy (non-hydrogen) atoms. The molecule has 1 aliphatic rings. The van der Waals surface area contributed by atoms with Crippen molar-refractivity contribution < 1.29 is 9.59 Å². The first-order valence-electron chi connectivity index (χ1n) is 7.50. The van der Waals surface area contributed by atoms with E-state index < -0.39 is 0 Å². The Hall–Kier alpha value is -2.04. The maximum Gasteiger partial charge on any atom is 0.315 e. The summed E-state index contributed by atoms with van der Waals surface area (Å²) in [6, 6.07) is 7.78. The average Bonchev–Trinajstić information content (AvgIpc) is 2.99. The van der Waals surface area contributed by atoms with Crippen LogP contribution in [0.4, 0.5) is 4.79 Å². The van der Waals surface area contributed by atoms with Crippen molar-refractivity contribution in [1.82, 2.24) is 15.5 Å². The van der Waals surface area contributed by atoms with Gasteiger partial charge in [0.15, 0.2) is 0 Å². The lowest BCUT2D eigenvalue weighted by atomic mass is 10.1. The number of amides is 3. The molecule has 0 aliphatic carbocycles. The fourth-order valence-electron chi connectivity index (χ4n) is 2.47. The fourth-order valence-corrected chi connectivity index (χ4v) is 2.47. The summed E-state index contributed by atoms with van der Waals surface area (Å²) in [6.07, 6.45) is 2.56. The van der Waals surface area contributed by atoms with E-state index in [2.05, 4.69) is 10.6 Å². The predicted octanol–water partition coefficient (Wildman–Crippen LogP) is 1.81. The molecular weight excluding hydrogens is 266 g/mol. The quantitative estimate of drug-likeness (QED) is 0.868. The van der Waals surface area contributed by atoms with Crippen molar-refractivity contribution in [2.24, 2.45) is 0 Å². The SMILES string of the molecule is Cc1cccc(CNC(=O)NCCC(=O)N2CCCC2)c1. The van der Waals surface area contributed by atoms with Gasteiger partial charge in [-0.1, -0.05) is 29.8 Å². The second kappa shape index (κ2) is 7.67. The number of likely N-dealkylation sites (tertiary alicyclic amines) is 1. The first-order chi connectivity index (χ1) is 10.1. The predicted molar refractivity (Wildman–Crippen MR) is 81.8 cm³/mol. The standard InChI is InChI=1S/C16H23N3O2/c1-13-5-4-6-14(11-13)12-18-16(21)17-8-7-15(20)19-9-2-3-10-19/h4-6,11H,2-3,7-10,12H2,1H3,(H2,17,18,21). The highest BCUT2D eigenvalue weighted by Gasteiger charge is 2.17. The van der Waals surface area contributed by atoms with Crippen LogP contribution in [0.1, 0.15) is 30.4 Å². The van der Waals surface area contributed by atoms with E-state index in [-0.39, 0.29) is 11.9 Å². The van der Waals surface area contributed by atoms with Crippen molar-refractivity contribution in [3.8, 4) is 0 Å². The van der Waals surface area contributed by atoms with Gasteiger partial charge in [-0.05, 0) is 25.3 Å². The summed E-state index contributed by atoms with van der Waals surface area (Å²) in [5.41, 5.74) is 2.24. The average molecular weight is 289 g/mol. The lowest BCUT2D eigenvalue weighted by molar-refractivity contribution is -0.129. The summed E-state index contributed by atoms with van der Waals surface area (Å²) in [4.78, 5) is 25.3. The van der Waals surface area contributed by atoms with Crippen LogP contribution >= 0.6 is 0 Å². The number of urea groups is 1. The third kappa shape index (κ3) is 5.10. The molecule has 0 unspecified atom stereocenters. The Morgan fingerprint density at radius 1 is 1.19 bits per heavy atom. The lowest BCUT2D eigenvalue weighted by Gasteiger charge is -2.15. The zero-order chi connectivity index (χ0) is 15.1. The fraction of sp³-hybridized carbons (Fsp3) is 0.500.